The molecule has 3 nitrogen and oxygen atoms in total. The van der Waals surface area contributed by atoms with E-state index >= 15 is 0 Å². The molecule has 3 rings (SSSR count). The average molecular weight is 377 g/mol. The minimum atomic E-state index is 0. The van der Waals surface area contributed by atoms with Crippen molar-refractivity contribution in [2.24, 2.45) is 11.7 Å². The summed E-state index contributed by atoms with van der Waals surface area (Å²) in [6.45, 7) is 0.653. The Hall–Kier alpha value is -1.49. The van der Waals surface area contributed by atoms with Crippen LogP contribution in [-0.4, -0.2) is 18.5 Å². The first kappa shape index (κ1) is 19.8. The largest absolute Gasteiger partial charge is 0.349 e. The predicted molar refractivity (Wildman–Crippen MR) is 107 cm³/mol. The highest BCUT2D eigenvalue weighted by atomic mass is 35.5. The van der Waals surface area contributed by atoms with Crippen molar-refractivity contribution in [2.45, 2.75) is 36.0 Å². The van der Waals surface area contributed by atoms with Crippen molar-refractivity contribution in [1.82, 2.24) is 5.32 Å². The fourth-order valence-corrected chi connectivity index (χ4v) is 4.06. The maximum absolute atomic E-state index is 12.4. The molecule has 1 fully saturated rings. The van der Waals surface area contributed by atoms with Gasteiger partial charge in [0.15, 0.2) is 0 Å². The molecule has 2 aromatic carbocycles. The SMILES string of the molecule is Cl.NCC1CCCC1NC(=O)c1ccc(SCc2ccccc2)cc1. The van der Waals surface area contributed by atoms with Crippen LogP contribution in [0.1, 0.15) is 35.2 Å². The number of rotatable bonds is 6. The molecule has 0 saturated heterocycles. The summed E-state index contributed by atoms with van der Waals surface area (Å²) in [7, 11) is 0. The second-order valence-corrected chi connectivity index (χ2v) is 7.35. The average Bonchev–Trinajstić information content (AvgIpc) is 3.08. The molecule has 25 heavy (non-hydrogen) atoms. The van der Waals surface area contributed by atoms with Crippen molar-refractivity contribution < 1.29 is 4.79 Å². The summed E-state index contributed by atoms with van der Waals surface area (Å²) in [5, 5.41) is 3.15. The van der Waals surface area contributed by atoms with Crippen molar-refractivity contribution in [2.75, 3.05) is 6.54 Å². The summed E-state index contributed by atoms with van der Waals surface area (Å²) in [6.07, 6.45) is 3.32. The van der Waals surface area contributed by atoms with Crippen LogP contribution in [0.5, 0.6) is 0 Å². The van der Waals surface area contributed by atoms with Crippen LogP contribution >= 0.6 is 24.2 Å². The number of hydrogen-bond donors (Lipinski definition) is 2. The van der Waals surface area contributed by atoms with Gasteiger partial charge in [-0.05, 0) is 55.1 Å². The lowest BCUT2D eigenvalue weighted by molar-refractivity contribution is 0.0928. The van der Waals surface area contributed by atoms with Crippen LogP contribution in [0.4, 0.5) is 0 Å². The third-order valence-corrected chi connectivity index (χ3v) is 5.73. The van der Waals surface area contributed by atoms with Crippen molar-refractivity contribution in [3.63, 3.8) is 0 Å². The van der Waals surface area contributed by atoms with Crippen LogP contribution in [0.2, 0.25) is 0 Å². The molecule has 0 heterocycles. The molecule has 134 valence electrons. The van der Waals surface area contributed by atoms with E-state index < -0.39 is 0 Å². The zero-order chi connectivity index (χ0) is 16.8. The number of nitrogens with one attached hydrogen (secondary N) is 1. The zero-order valence-electron chi connectivity index (χ0n) is 14.2. The van der Waals surface area contributed by atoms with Crippen LogP contribution in [0.3, 0.4) is 0 Å². The molecule has 0 aromatic heterocycles. The van der Waals surface area contributed by atoms with Gasteiger partial charge in [-0.2, -0.15) is 0 Å². The fourth-order valence-electron chi connectivity index (χ4n) is 3.20. The van der Waals surface area contributed by atoms with Gasteiger partial charge in [-0.25, -0.2) is 0 Å². The number of hydrogen-bond acceptors (Lipinski definition) is 3. The van der Waals surface area contributed by atoms with E-state index in [0.29, 0.717) is 12.5 Å². The Kier molecular flexibility index (Phi) is 7.82. The van der Waals surface area contributed by atoms with Gasteiger partial charge in [-0.1, -0.05) is 36.8 Å². The first-order valence-corrected chi connectivity index (χ1v) is 9.52. The van der Waals surface area contributed by atoms with Gasteiger partial charge in [-0.15, -0.1) is 24.2 Å². The Labute approximate surface area is 160 Å². The van der Waals surface area contributed by atoms with E-state index in [-0.39, 0.29) is 24.4 Å². The number of carbonyl (C=O) groups excluding carboxylic acids is 1. The maximum Gasteiger partial charge on any atom is 0.251 e. The molecule has 0 spiro atoms. The summed E-state index contributed by atoms with van der Waals surface area (Å²) in [5.41, 5.74) is 7.81. The van der Waals surface area contributed by atoms with Crippen molar-refractivity contribution in [1.29, 1.82) is 0 Å². The Morgan fingerprint density at radius 2 is 1.80 bits per heavy atom. The maximum atomic E-state index is 12.4. The van der Waals surface area contributed by atoms with Gasteiger partial charge in [0.25, 0.3) is 5.91 Å². The van der Waals surface area contributed by atoms with Crippen molar-refractivity contribution in [3.8, 4) is 0 Å². The molecule has 1 saturated carbocycles. The molecule has 2 aromatic rings. The van der Waals surface area contributed by atoms with E-state index in [2.05, 4.69) is 29.6 Å². The first-order chi connectivity index (χ1) is 11.8. The Morgan fingerprint density at radius 1 is 1.08 bits per heavy atom. The molecule has 2 unspecified atom stereocenters. The lowest BCUT2D eigenvalue weighted by Gasteiger charge is -2.19. The first-order valence-electron chi connectivity index (χ1n) is 8.54. The quantitative estimate of drug-likeness (QED) is 0.740. The van der Waals surface area contributed by atoms with Crippen LogP contribution in [-0.2, 0) is 5.75 Å². The highest BCUT2D eigenvalue weighted by Crippen LogP contribution is 2.26. The van der Waals surface area contributed by atoms with E-state index in [4.69, 9.17) is 5.73 Å². The molecule has 0 bridgehead atoms. The third kappa shape index (κ3) is 5.50. The number of benzene rings is 2. The molecule has 3 N–H and O–H groups in total. The topological polar surface area (TPSA) is 55.1 Å². The van der Waals surface area contributed by atoms with Crippen molar-refractivity contribution in [3.05, 3.63) is 65.7 Å². The van der Waals surface area contributed by atoms with Crippen LogP contribution in [0.25, 0.3) is 0 Å². The van der Waals surface area contributed by atoms with Gasteiger partial charge in [0.05, 0.1) is 0 Å². The zero-order valence-corrected chi connectivity index (χ0v) is 15.8. The van der Waals surface area contributed by atoms with Gasteiger partial charge in [-0.3, -0.25) is 4.79 Å². The summed E-state index contributed by atoms with van der Waals surface area (Å²) < 4.78 is 0. The standard InChI is InChI=1S/C20H24N2OS.ClH/c21-13-17-7-4-8-19(17)22-20(23)16-9-11-18(12-10-16)24-14-15-5-2-1-3-6-15;/h1-3,5-6,9-12,17,19H,4,7-8,13-14,21H2,(H,22,23);1H. The van der Waals surface area contributed by atoms with Gasteiger partial charge < -0.3 is 11.1 Å². The second-order valence-electron chi connectivity index (χ2n) is 6.31. The Bertz CT molecular complexity index is 663. The number of thioether (sulfide) groups is 1. The highest BCUT2D eigenvalue weighted by molar-refractivity contribution is 7.98. The number of amides is 1. The van der Waals surface area contributed by atoms with Gasteiger partial charge in [0.1, 0.15) is 0 Å². The Morgan fingerprint density at radius 3 is 2.48 bits per heavy atom. The number of carbonyl (C=O) groups is 1. The second kappa shape index (κ2) is 9.85. The lowest BCUT2D eigenvalue weighted by Crippen LogP contribution is -2.39. The lowest BCUT2D eigenvalue weighted by atomic mass is 10.0. The van der Waals surface area contributed by atoms with Gasteiger partial charge in [0, 0.05) is 22.3 Å². The minimum absolute atomic E-state index is 0. The molecule has 0 aliphatic heterocycles. The minimum Gasteiger partial charge on any atom is -0.349 e. The molecular formula is C20H25ClN2OS. The molecule has 2 atom stereocenters. The van der Waals surface area contributed by atoms with E-state index in [1.54, 1.807) is 11.8 Å². The summed E-state index contributed by atoms with van der Waals surface area (Å²) in [5.74, 6) is 1.38. The van der Waals surface area contributed by atoms with Crippen LogP contribution in [0.15, 0.2) is 59.5 Å². The van der Waals surface area contributed by atoms with Crippen LogP contribution in [0, 0.1) is 5.92 Å². The molecule has 1 aliphatic carbocycles. The van der Waals surface area contributed by atoms with E-state index in [1.165, 1.54) is 10.5 Å². The normalized spacial score (nSPS) is 19.2. The predicted octanol–water partition coefficient (Wildman–Crippen LogP) is 4.26. The molecule has 5 heteroatoms. The number of nitrogens with two attached hydrogens (primary N) is 1. The summed E-state index contributed by atoms with van der Waals surface area (Å²) in [4.78, 5) is 13.6. The third-order valence-electron chi connectivity index (χ3n) is 4.64. The van der Waals surface area contributed by atoms with Crippen LogP contribution < -0.4 is 11.1 Å². The smallest absolute Gasteiger partial charge is 0.251 e. The summed E-state index contributed by atoms with van der Waals surface area (Å²) >= 11 is 1.78. The van der Waals surface area contributed by atoms with Gasteiger partial charge in [0.2, 0.25) is 0 Å². The Balaban J connectivity index is 0.00000225. The van der Waals surface area contributed by atoms with E-state index in [9.17, 15) is 4.79 Å². The van der Waals surface area contributed by atoms with E-state index in [1.807, 2.05) is 30.3 Å². The monoisotopic (exact) mass is 376 g/mol. The molecule has 0 radical (unpaired) electrons. The highest BCUT2D eigenvalue weighted by Gasteiger charge is 2.27. The van der Waals surface area contributed by atoms with Gasteiger partial charge >= 0.3 is 0 Å². The van der Waals surface area contributed by atoms with Crippen molar-refractivity contribution >= 4 is 30.1 Å². The molecule has 1 aliphatic rings. The number of halogens is 1. The van der Waals surface area contributed by atoms with E-state index in [0.717, 1.165) is 30.6 Å². The fraction of sp³-hybridized carbons (Fsp3) is 0.350. The molecular weight excluding hydrogens is 352 g/mol. The molecule has 1 amide bonds. The summed E-state index contributed by atoms with van der Waals surface area (Å²) in [6, 6.07) is 18.5.